The molecule has 0 fully saturated rings. The third kappa shape index (κ3) is 4.01. The number of hydrogen-bond donors (Lipinski definition) is 1. The van der Waals surface area contributed by atoms with Gasteiger partial charge in [0.2, 0.25) is 0 Å². The van der Waals surface area contributed by atoms with E-state index in [1.54, 1.807) is 0 Å². The summed E-state index contributed by atoms with van der Waals surface area (Å²) in [5.41, 5.74) is -3.92. The van der Waals surface area contributed by atoms with Crippen molar-refractivity contribution in [2.24, 2.45) is 0 Å². The molecule has 1 N–H and O–H groups in total. The molecule has 6 nitrogen and oxygen atoms in total. The predicted molar refractivity (Wildman–Crippen MR) is 84.3 cm³/mol. The molecule has 0 spiro atoms. The summed E-state index contributed by atoms with van der Waals surface area (Å²) < 4.78 is 65.8. The summed E-state index contributed by atoms with van der Waals surface area (Å²) in [5, 5.41) is 13.6. The molecule has 138 valence electrons. The summed E-state index contributed by atoms with van der Waals surface area (Å²) in [6.45, 7) is 1.01. The van der Waals surface area contributed by atoms with E-state index in [4.69, 9.17) is 0 Å². The number of alkyl halides is 3. The van der Waals surface area contributed by atoms with E-state index >= 15 is 0 Å². The van der Waals surface area contributed by atoms with Crippen LogP contribution in [-0.4, -0.2) is 39.8 Å². The largest absolute Gasteiger partial charge is 0.416 e. The topological polar surface area (TPSA) is 85.1 Å². The fourth-order valence-electron chi connectivity index (χ4n) is 3.02. The third-order valence-corrected chi connectivity index (χ3v) is 5.75. The number of sulfone groups is 1. The highest BCUT2D eigenvalue weighted by molar-refractivity contribution is 7.91. The van der Waals surface area contributed by atoms with Crippen LogP contribution in [0.2, 0.25) is 0 Å². The Morgan fingerprint density at radius 1 is 1.24 bits per heavy atom. The molecule has 0 saturated carbocycles. The Hall–Kier alpha value is -1.94. The van der Waals surface area contributed by atoms with Crippen molar-refractivity contribution in [3.63, 3.8) is 0 Å². The quantitative estimate of drug-likeness (QED) is 0.832. The van der Waals surface area contributed by atoms with Crippen LogP contribution in [0.1, 0.15) is 24.5 Å². The highest BCUT2D eigenvalue weighted by Crippen LogP contribution is 2.41. The van der Waals surface area contributed by atoms with Gasteiger partial charge in [0.05, 0.1) is 17.4 Å². The predicted octanol–water partition coefficient (Wildman–Crippen LogP) is 2.01. The summed E-state index contributed by atoms with van der Waals surface area (Å²) in [7, 11) is -3.87. The van der Waals surface area contributed by atoms with Gasteiger partial charge in [-0.25, -0.2) is 18.1 Å². The molecule has 0 aliphatic rings. The Kier molecular flexibility index (Phi) is 5.24. The van der Waals surface area contributed by atoms with Gasteiger partial charge < -0.3 is 5.11 Å². The smallest absolute Gasteiger partial charge is 0.382 e. The normalized spacial score (nSPS) is 16.4. The molecule has 0 amide bonds. The first-order valence-electron chi connectivity index (χ1n) is 7.40. The lowest BCUT2D eigenvalue weighted by Crippen LogP contribution is -2.48. The Labute approximate surface area is 143 Å². The molecule has 1 aromatic heterocycles. The second-order valence-corrected chi connectivity index (χ2v) is 8.02. The zero-order valence-corrected chi connectivity index (χ0v) is 14.4. The Bertz CT molecular complexity index is 822. The number of aromatic nitrogens is 3. The van der Waals surface area contributed by atoms with Crippen LogP contribution in [-0.2, 0) is 28.2 Å². The maximum Gasteiger partial charge on any atom is 0.416 e. The first-order valence-corrected chi connectivity index (χ1v) is 9.36. The van der Waals surface area contributed by atoms with Crippen LogP contribution in [0.3, 0.4) is 0 Å². The molecule has 2 unspecified atom stereocenters. The highest BCUT2D eigenvalue weighted by Gasteiger charge is 2.48. The zero-order chi connectivity index (χ0) is 18.9. The van der Waals surface area contributed by atoms with Crippen molar-refractivity contribution in [3.05, 3.63) is 48.0 Å². The van der Waals surface area contributed by atoms with Gasteiger partial charge in [-0.1, -0.05) is 25.1 Å². The van der Waals surface area contributed by atoms with Gasteiger partial charge in [0.1, 0.15) is 18.3 Å². The van der Waals surface area contributed by atoms with E-state index in [1.807, 2.05) is 0 Å². The first kappa shape index (κ1) is 19.4. The molecule has 0 aliphatic heterocycles. The molecule has 1 heterocycles. The summed E-state index contributed by atoms with van der Waals surface area (Å²) in [4.78, 5) is 3.69. The monoisotopic (exact) mass is 377 g/mol. The van der Waals surface area contributed by atoms with Gasteiger partial charge in [-0.05, 0) is 18.1 Å². The van der Waals surface area contributed by atoms with Gasteiger partial charge in [0, 0.05) is 6.26 Å². The van der Waals surface area contributed by atoms with E-state index in [0.29, 0.717) is 0 Å². The van der Waals surface area contributed by atoms with E-state index in [9.17, 15) is 26.7 Å². The SMILES string of the molecule is CCC(C(O)(Cn1cncn1)c1ccccc1C(F)(F)F)S(C)(=O)=O. The number of rotatable bonds is 6. The minimum Gasteiger partial charge on any atom is -0.382 e. The number of benzene rings is 1. The van der Waals surface area contributed by atoms with Crippen LogP contribution >= 0.6 is 0 Å². The van der Waals surface area contributed by atoms with Crippen LogP contribution in [0, 0.1) is 0 Å². The molecule has 1 aromatic carbocycles. The molecule has 0 bridgehead atoms. The van der Waals surface area contributed by atoms with E-state index in [1.165, 1.54) is 25.4 Å². The maximum absolute atomic E-state index is 13.4. The Morgan fingerprint density at radius 2 is 1.84 bits per heavy atom. The van der Waals surface area contributed by atoms with Crippen LogP contribution in [0.25, 0.3) is 0 Å². The molecule has 0 aliphatic carbocycles. The summed E-state index contributed by atoms with van der Waals surface area (Å²) in [6.07, 6.45) is -1.57. The fraction of sp³-hybridized carbons (Fsp3) is 0.467. The minimum absolute atomic E-state index is 0.0732. The van der Waals surface area contributed by atoms with Crippen LogP contribution in [0.5, 0.6) is 0 Å². The van der Waals surface area contributed by atoms with Crippen molar-refractivity contribution >= 4 is 9.84 Å². The van der Waals surface area contributed by atoms with Crippen molar-refractivity contribution in [2.45, 2.75) is 36.9 Å². The van der Waals surface area contributed by atoms with Gasteiger partial charge in [0.25, 0.3) is 0 Å². The second-order valence-electron chi connectivity index (χ2n) is 5.79. The Balaban J connectivity index is 2.72. The van der Waals surface area contributed by atoms with Crippen molar-refractivity contribution < 1.29 is 26.7 Å². The molecular formula is C15H18F3N3O3S. The fourth-order valence-corrected chi connectivity index (χ4v) is 4.54. The van der Waals surface area contributed by atoms with Gasteiger partial charge in [-0.15, -0.1) is 0 Å². The summed E-state index contributed by atoms with van der Waals surface area (Å²) in [6, 6.07) is 4.42. The molecule has 0 radical (unpaired) electrons. The molecule has 2 rings (SSSR count). The lowest BCUT2D eigenvalue weighted by Gasteiger charge is -2.36. The number of nitrogens with zero attached hydrogens (tertiary/aromatic N) is 3. The first-order chi connectivity index (χ1) is 11.5. The van der Waals surface area contributed by atoms with Crippen LogP contribution in [0.15, 0.2) is 36.9 Å². The minimum atomic E-state index is -4.75. The van der Waals surface area contributed by atoms with Crippen LogP contribution < -0.4 is 0 Å². The van der Waals surface area contributed by atoms with Gasteiger partial charge in [-0.2, -0.15) is 18.3 Å². The van der Waals surface area contributed by atoms with Gasteiger partial charge in [-0.3, -0.25) is 0 Å². The molecule has 2 atom stereocenters. The summed E-state index contributed by atoms with van der Waals surface area (Å²) in [5.74, 6) is 0. The van der Waals surface area contributed by atoms with Gasteiger partial charge in [0.15, 0.2) is 9.84 Å². The standard InChI is InChI=1S/C15H18F3N3O3S/c1-3-13(25(2,23)24)14(22,8-21-10-19-9-20-21)11-6-4-5-7-12(11)15(16,17)18/h4-7,9-10,13,22H,3,8H2,1-2H3. The molecule has 25 heavy (non-hydrogen) atoms. The molecule has 0 saturated heterocycles. The average molecular weight is 377 g/mol. The number of hydrogen-bond acceptors (Lipinski definition) is 5. The van der Waals surface area contributed by atoms with E-state index in [-0.39, 0.29) is 6.42 Å². The number of halogens is 3. The summed E-state index contributed by atoms with van der Waals surface area (Å²) >= 11 is 0. The van der Waals surface area contributed by atoms with E-state index in [0.717, 1.165) is 29.4 Å². The maximum atomic E-state index is 13.4. The van der Waals surface area contributed by atoms with Crippen molar-refractivity contribution in [1.82, 2.24) is 14.8 Å². The lowest BCUT2D eigenvalue weighted by molar-refractivity contribution is -0.141. The molecular weight excluding hydrogens is 359 g/mol. The van der Waals surface area contributed by atoms with Crippen molar-refractivity contribution in [2.75, 3.05) is 6.26 Å². The van der Waals surface area contributed by atoms with Crippen molar-refractivity contribution in [3.8, 4) is 0 Å². The van der Waals surface area contributed by atoms with E-state index < -0.39 is 44.5 Å². The molecule has 10 heteroatoms. The van der Waals surface area contributed by atoms with E-state index in [2.05, 4.69) is 10.1 Å². The zero-order valence-electron chi connectivity index (χ0n) is 13.6. The lowest BCUT2D eigenvalue weighted by atomic mass is 9.85. The van der Waals surface area contributed by atoms with Crippen molar-refractivity contribution in [1.29, 1.82) is 0 Å². The van der Waals surface area contributed by atoms with Gasteiger partial charge >= 0.3 is 6.18 Å². The van der Waals surface area contributed by atoms with Crippen LogP contribution in [0.4, 0.5) is 13.2 Å². The second kappa shape index (κ2) is 6.75. The highest BCUT2D eigenvalue weighted by atomic mass is 32.2. The Morgan fingerprint density at radius 3 is 2.28 bits per heavy atom. The number of aliphatic hydroxyl groups is 1. The average Bonchev–Trinajstić information content (AvgIpc) is 2.98. The third-order valence-electron chi connectivity index (χ3n) is 3.99. The molecule has 2 aromatic rings.